The van der Waals surface area contributed by atoms with Gasteiger partial charge in [-0.05, 0) is 0 Å². The van der Waals surface area contributed by atoms with Gasteiger partial charge in [-0.1, -0.05) is 0 Å². The van der Waals surface area contributed by atoms with E-state index in [-0.39, 0.29) is 14.7 Å². The fraction of sp³-hybridized carbons (Fsp3) is 0.0625. The summed E-state index contributed by atoms with van der Waals surface area (Å²) < 4.78 is 11.2. The van der Waals surface area contributed by atoms with Gasteiger partial charge in [-0.2, -0.15) is 0 Å². The van der Waals surface area contributed by atoms with Crippen LogP contribution < -0.4 is 4.74 Å². The van der Waals surface area contributed by atoms with Crippen LogP contribution in [0.15, 0.2) is 60.7 Å². The molecule has 0 amide bonds. The number of aromatic nitrogens is 1. The van der Waals surface area contributed by atoms with Gasteiger partial charge in [0.05, 0.1) is 0 Å². The molecule has 3 aromatic rings. The monoisotopic (exact) mass is 315 g/mol. The third-order valence-electron chi connectivity index (χ3n) is 2.95. The quantitative estimate of drug-likeness (QED) is 0.691. The average Bonchev–Trinajstić information content (AvgIpc) is 2.98. The first kappa shape index (κ1) is 12.2. The molecule has 0 bridgehead atoms. The SMILES string of the molecule is COc1ccc(-c2cc(-c3ccccc3)n[se]2)cc1. The Balaban J connectivity index is 1.92. The van der Waals surface area contributed by atoms with E-state index in [0.29, 0.717) is 0 Å². The molecule has 0 aliphatic heterocycles. The van der Waals surface area contributed by atoms with Crippen LogP contribution in [0, 0.1) is 0 Å². The summed E-state index contributed by atoms with van der Waals surface area (Å²) in [4.78, 5) is 0. The molecule has 0 N–H and O–H groups in total. The molecule has 19 heavy (non-hydrogen) atoms. The van der Waals surface area contributed by atoms with Crippen molar-refractivity contribution in [2.75, 3.05) is 7.11 Å². The Hall–Kier alpha value is -1.83. The van der Waals surface area contributed by atoms with Crippen molar-refractivity contribution < 1.29 is 4.74 Å². The Kier molecular flexibility index (Phi) is 3.49. The van der Waals surface area contributed by atoms with E-state index in [9.17, 15) is 0 Å². The average molecular weight is 314 g/mol. The van der Waals surface area contributed by atoms with Crippen LogP contribution in [0.5, 0.6) is 5.75 Å². The summed E-state index contributed by atoms with van der Waals surface area (Å²) in [6, 6.07) is 20.7. The molecule has 0 radical (unpaired) electrons. The second-order valence-corrected chi connectivity index (χ2v) is 5.86. The van der Waals surface area contributed by atoms with Gasteiger partial charge in [-0.25, -0.2) is 0 Å². The van der Waals surface area contributed by atoms with Crippen molar-refractivity contribution in [1.29, 1.82) is 0 Å². The van der Waals surface area contributed by atoms with Crippen molar-refractivity contribution >= 4 is 14.7 Å². The summed E-state index contributed by atoms with van der Waals surface area (Å²) in [7, 11) is 1.68. The summed E-state index contributed by atoms with van der Waals surface area (Å²) in [6.45, 7) is 0. The zero-order valence-electron chi connectivity index (χ0n) is 10.5. The summed E-state index contributed by atoms with van der Waals surface area (Å²) in [6.07, 6.45) is 0. The molecule has 2 aromatic carbocycles. The van der Waals surface area contributed by atoms with E-state index in [4.69, 9.17) is 4.74 Å². The maximum absolute atomic E-state index is 5.18. The van der Waals surface area contributed by atoms with Crippen LogP contribution in [-0.4, -0.2) is 25.8 Å². The van der Waals surface area contributed by atoms with Gasteiger partial charge >= 0.3 is 118 Å². The molecule has 0 aliphatic carbocycles. The normalized spacial score (nSPS) is 10.4. The summed E-state index contributed by atoms with van der Waals surface area (Å²) >= 11 is 0.166. The van der Waals surface area contributed by atoms with Gasteiger partial charge in [0, 0.05) is 0 Å². The van der Waals surface area contributed by atoms with Crippen molar-refractivity contribution in [3.05, 3.63) is 60.7 Å². The zero-order chi connectivity index (χ0) is 13.1. The molecule has 3 heteroatoms. The third-order valence-corrected chi connectivity index (χ3v) is 4.71. The Bertz CT molecular complexity index is 659. The molecule has 0 saturated heterocycles. The number of ether oxygens (including phenoxy) is 1. The second kappa shape index (κ2) is 5.43. The van der Waals surface area contributed by atoms with Crippen molar-refractivity contribution in [1.82, 2.24) is 3.98 Å². The van der Waals surface area contributed by atoms with E-state index in [1.54, 1.807) is 7.11 Å². The van der Waals surface area contributed by atoms with Gasteiger partial charge in [0.25, 0.3) is 0 Å². The number of rotatable bonds is 3. The summed E-state index contributed by atoms with van der Waals surface area (Å²) in [5.74, 6) is 0.888. The molecule has 1 aromatic heterocycles. The maximum atomic E-state index is 5.18. The van der Waals surface area contributed by atoms with E-state index in [1.807, 2.05) is 30.3 Å². The molecule has 1 heterocycles. The molecule has 3 rings (SSSR count). The number of benzene rings is 2. The predicted molar refractivity (Wildman–Crippen MR) is 78.6 cm³/mol. The number of nitrogens with zero attached hydrogens (tertiary/aromatic N) is 1. The second-order valence-electron chi connectivity index (χ2n) is 4.17. The van der Waals surface area contributed by atoms with Gasteiger partial charge in [0.2, 0.25) is 0 Å². The van der Waals surface area contributed by atoms with E-state index < -0.39 is 0 Å². The Morgan fingerprint density at radius 2 is 1.63 bits per heavy atom. The zero-order valence-corrected chi connectivity index (χ0v) is 12.3. The Morgan fingerprint density at radius 3 is 2.32 bits per heavy atom. The van der Waals surface area contributed by atoms with E-state index >= 15 is 0 Å². The fourth-order valence-electron chi connectivity index (χ4n) is 1.91. The number of hydrogen-bond donors (Lipinski definition) is 0. The van der Waals surface area contributed by atoms with E-state index in [1.165, 1.54) is 15.6 Å². The summed E-state index contributed by atoms with van der Waals surface area (Å²) in [5, 5.41) is 0. The summed E-state index contributed by atoms with van der Waals surface area (Å²) in [5.41, 5.74) is 3.51. The van der Waals surface area contributed by atoms with Crippen molar-refractivity contribution in [3.63, 3.8) is 0 Å². The van der Waals surface area contributed by atoms with Crippen LogP contribution in [0.2, 0.25) is 0 Å². The number of methoxy groups -OCH3 is 1. The van der Waals surface area contributed by atoms with Crippen LogP contribution in [0.1, 0.15) is 0 Å². The number of hydrogen-bond acceptors (Lipinski definition) is 2. The fourth-order valence-corrected chi connectivity index (χ4v) is 3.51. The van der Waals surface area contributed by atoms with Gasteiger partial charge in [0.1, 0.15) is 0 Å². The molecular formula is C16H13NOSe. The molecule has 0 saturated carbocycles. The van der Waals surface area contributed by atoms with Crippen LogP contribution in [0.4, 0.5) is 0 Å². The standard InChI is InChI=1S/C16H13NOSe/c1-18-14-9-7-13(8-10-14)16-11-15(17-19-16)12-5-3-2-4-6-12/h2-11H,1H3. The van der Waals surface area contributed by atoms with Crippen LogP contribution in [0.3, 0.4) is 0 Å². The first-order valence-corrected chi connectivity index (χ1v) is 7.65. The van der Waals surface area contributed by atoms with Gasteiger partial charge in [0.15, 0.2) is 0 Å². The van der Waals surface area contributed by atoms with Crippen LogP contribution >= 0.6 is 0 Å². The van der Waals surface area contributed by atoms with Crippen LogP contribution in [0.25, 0.3) is 21.3 Å². The first-order valence-electron chi connectivity index (χ1n) is 6.03. The third kappa shape index (κ3) is 2.62. The Morgan fingerprint density at radius 1 is 0.895 bits per heavy atom. The molecule has 0 unspecified atom stereocenters. The topological polar surface area (TPSA) is 22.1 Å². The van der Waals surface area contributed by atoms with Crippen molar-refractivity contribution in [3.8, 4) is 27.0 Å². The Labute approximate surface area is 118 Å². The molecule has 0 fully saturated rings. The van der Waals surface area contributed by atoms with E-state index in [2.05, 4.69) is 34.3 Å². The van der Waals surface area contributed by atoms with Crippen molar-refractivity contribution in [2.24, 2.45) is 0 Å². The first-order chi connectivity index (χ1) is 9.36. The van der Waals surface area contributed by atoms with Crippen molar-refractivity contribution in [2.45, 2.75) is 0 Å². The molecule has 2 nitrogen and oxygen atoms in total. The molecule has 0 spiro atoms. The van der Waals surface area contributed by atoms with Gasteiger partial charge in [-0.15, -0.1) is 0 Å². The predicted octanol–water partition coefficient (Wildman–Crippen LogP) is 3.48. The molecule has 0 atom stereocenters. The molecule has 94 valence electrons. The van der Waals surface area contributed by atoms with Gasteiger partial charge in [-0.3, -0.25) is 0 Å². The minimum atomic E-state index is 0.166. The minimum absolute atomic E-state index is 0.166. The van der Waals surface area contributed by atoms with Crippen LogP contribution in [-0.2, 0) is 0 Å². The molecular weight excluding hydrogens is 301 g/mol. The van der Waals surface area contributed by atoms with E-state index in [0.717, 1.165) is 11.4 Å². The molecule has 0 aliphatic rings. The van der Waals surface area contributed by atoms with Gasteiger partial charge < -0.3 is 0 Å².